The van der Waals surface area contributed by atoms with E-state index in [-0.39, 0.29) is 24.2 Å². The second-order valence-electron chi connectivity index (χ2n) is 7.20. The highest BCUT2D eigenvalue weighted by Crippen LogP contribution is 2.39. The lowest BCUT2D eigenvalue weighted by molar-refractivity contribution is 0.277. The molecule has 8 heteroatoms. The number of nitrogens with zero attached hydrogens (tertiary/aromatic N) is 4. The summed E-state index contributed by atoms with van der Waals surface area (Å²) in [6, 6.07) is 3.72. The van der Waals surface area contributed by atoms with E-state index in [1.54, 1.807) is 4.68 Å². The molecule has 0 aromatic carbocycles. The van der Waals surface area contributed by atoms with Crippen LogP contribution in [0.3, 0.4) is 0 Å². The highest BCUT2D eigenvalue weighted by Gasteiger charge is 2.34. The second kappa shape index (κ2) is 6.64. The Bertz CT molecular complexity index is 919. The molecule has 140 valence electrons. The largest absolute Gasteiger partial charge is 0.484 e. The molecule has 2 aromatic heterocycles. The van der Waals surface area contributed by atoms with Gasteiger partial charge in [0.1, 0.15) is 12.4 Å². The van der Waals surface area contributed by atoms with Crippen LogP contribution in [0, 0.1) is 6.92 Å². The number of aromatic nitrogens is 4. The molecule has 0 amide bonds. The van der Waals surface area contributed by atoms with Crippen LogP contribution in [0.1, 0.15) is 61.2 Å². The van der Waals surface area contributed by atoms with E-state index in [1.165, 1.54) is 0 Å². The minimum Gasteiger partial charge on any atom is -0.484 e. The Morgan fingerprint density at radius 1 is 1.23 bits per heavy atom. The Morgan fingerprint density at radius 3 is 2.69 bits per heavy atom. The van der Waals surface area contributed by atoms with E-state index in [0.29, 0.717) is 18.2 Å². The summed E-state index contributed by atoms with van der Waals surface area (Å²) in [5, 5.41) is 4.63. The van der Waals surface area contributed by atoms with Crippen LogP contribution >= 0.6 is 0 Å². The van der Waals surface area contributed by atoms with Crippen LogP contribution < -0.4 is 4.74 Å². The first-order valence-electron chi connectivity index (χ1n) is 9.20. The van der Waals surface area contributed by atoms with Gasteiger partial charge in [-0.05, 0) is 44.7 Å². The van der Waals surface area contributed by atoms with Crippen molar-refractivity contribution in [3.8, 4) is 5.75 Å². The monoisotopic (exact) mass is 376 g/mol. The van der Waals surface area contributed by atoms with Crippen molar-refractivity contribution in [2.24, 2.45) is 0 Å². The van der Waals surface area contributed by atoms with Crippen molar-refractivity contribution in [2.75, 3.05) is 11.5 Å². The van der Waals surface area contributed by atoms with Crippen LogP contribution in [0.2, 0.25) is 0 Å². The first-order chi connectivity index (χ1) is 12.4. The van der Waals surface area contributed by atoms with Gasteiger partial charge in [-0.1, -0.05) is 6.92 Å². The number of hydrogen-bond acceptors (Lipinski definition) is 6. The molecule has 0 spiro atoms. The van der Waals surface area contributed by atoms with Gasteiger partial charge in [-0.25, -0.2) is 18.1 Å². The summed E-state index contributed by atoms with van der Waals surface area (Å²) < 4.78 is 31.5. The maximum atomic E-state index is 11.9. The van der Waals surface area contributed by atoms with Gasteiger partial charge in [0, 0.05) is 11.6 Å². The molecule has 1 saturated carbocycles. The predicted octanol–water partition coefficient (Wildman–Crippen LogP) is 2.36. The summed E-state index contributed by atoms with van der Waals surface area (Å²) in [4.78, 5) is 9.18. The normalized spacial score (nSPS) is 21.8. The zero-order chi connectivity index (χ0) is 18.3. The molecule has 26 heavy (non-hydrogen) atoms. The van der Waals surface area contributed by atoms with Crippen LogP contribution in [0.5, 0.6) is 5.75 Å². The van der Waals surface area contributed by atoms with Gasteiger partial charge in [-0.3, -0.25) is 4.98 Å². The fourth-order valence-electron chi connectivity index (χ4n) is 3.37. The first-order valence-corrected chi connectivity index (χ1v) is 11.0. The number of pyridine rings is 1. The molecule has 2 aliphatic rings. The highest BCUT2D eigenvalue weighted by atomic mass is 32.2. The second-order valence-corrected chi connectivity index (χ2v) is 9.43. The number of rotatable bonds is 6. The van der Waals surface area contributed by atoms with E-state index in [0.717, 1.165) is 42.2 Å². The van der Waals surface area contributed by atoms with Gasteiger partial charge in [-0.2, -0.15) is 5.10 Å². The summed E-state index contributed by atoms with van der Waals surface area (Å²) in [7, 11) is -2.98. The molecule has 0 unspecified atom stereocenters. The topological polar surface area (TPSA) is 87.0 Å². The van der Waals surface area contributed by atoms with Crippen molar-refractivity contribution >= 4 is 9.84 Å². The quantitative estimate of drug-likeness (QED) is 0.769. The molecule has 0 bridgehead atoms. The number of ether oxygens (including phenoxy) is 1. The summed E-state index contributed by atoms with van der Waals surface area (Å²) >= 11 is 0. The average Bonchev–Trinajstić information content (AvgIpc) is 3.27. The van der Waals surface area contributed by atoms with Gasteiger partial charge in [0.15, 0.2) is 21.5 Å². The van der Waals surface area contributed by atoms with Crippen molar-refractivity contribution in [3.05, 3.63) is 35.2 Å². The lowest BCUT2D eigenvalue weighted by Crippen LogP contribution is -2.17. The van der Waals surface area contributed by atoms with Gasteiger partial charge in [0.25, 0.3) is 0 Å². The molecule has 0 radical (unpaired) electrons. The highest BCUT2D eigenvalue weighted by molar-refractivity contribution is 7.91. The smallest absolute Gasteiger partial charge is 0.165 e. The minimum atomic E-state index is -2.98. The lowest BCUT2D eigenvalue weighted by atomic mass is 10.2. The molecule has 1 aliphatic carbocycles. The van der Waals surface area contributed by atoms with Crippen molar-refractivity contribution in [3.63, 3.8) is 0 Å². The van der Waals surface area contributed by atoms with Crippen molar-refractivity contribution in [1.29, 1.82) is 0 Å². The third-order valence-electron chi connectivity index (χ3n) is 4.98. The zero-order valence-electron chi connectivity index (χ0n) is 15.2. The van der Waals surface area contributed by atoms with E-state index in [9.17, 15) is 8.42 Å². The van der Waals surface area contributed by atoms with E-state index >= 15 is 0 Å². The molecular weight excluding hydrogens is 352 g/mol. The van der Waals surface area contributed by atoms with Gasteiger partial charge < -0.3 is 4.74 Å². The van der Waals surface area contributed by atoms with Crippen LogP contribution in [0.25, 0.3) is 0 Å². The third-order valence-corrected chi connectivity index (χ3v) is 6.73. The van der Waals surface area contributed by atoms with E-state index < -0.39 is 9.84 Å². The Hall–Kier alpha value is -1.96. The molecule has 2 aromatic rings. The Kier molecular flexibility index (Phi) is 4.46. The van der Waals surface area contributed by atoms with Crippen LogP contribution in [-0.2, 0) is 22.9 Å². The SMILES string of the molecule is CCc1nc(C)ccc1OCc1nc(C2CC2)nn1[C@H]1CCS(=O)(=O)C1. The fourth-order valence-corrected chi connectivity index (χ4v) is 5.06. The van der Waals surface area contributed by atoms with Crippen molar-refractivity contribution in [2.45, 2.75) is 58.1 Å². The number of sulfone groups is 1. The molecular formula is C18H24N4O3S. The molecule has 0 N–H and O–H groups in total. The summed E-state index contributed by atoms with van der Waals surface area (Å²) in [5.41, 5.74) is 1.88. The van der Waals surface area contributed by atoms with Crippen LogP contribution in [0.15, 0.2) is 12.1 Å². The maximum absolute atomic E-state index is 11.9. The zero-order valence-corrected chi connectivity index (χ0v) is 16.0. The van der Waals surface area contributed by atoms with Gasteiger partial charge >= 0.3 is 0 Å². The summed E-state index contributed by atoms with van der Waals surface area (Å²) in [6.45, 7) is 4.28. The molecule has 1 atom stereocenters. The third kappa shape index (κ3) is 3.60. The van der Waals surface area contributed by atoms with Crippen molar-refractivity contribution < 1.29 is 13.2 Å². The molecule has 2 fully saturated rings. The minimum absolute atomic E-state index is 0.139. The van der Waals surface area contributed by atoms with Gasteiger partial charge in [0.2, 0.25) is 0 Å². The molecule has 1 saturated heterocycles. The van der Waals surface area contributed by atoms with Crippen LogP contribution in [-0.4, -0.2) is 39.7 Å². The van der Waals surface area contributed by atoms with Gasteiger partial charge in [0.05, 0.1) is 23.2 Å². The predicted molar refractivity (Wildman–Crippen MR) is 97.0 cm³/mol. The van der Waals surface area contributed by atoms with E-state index in [2.05, 4.69) is 15.1 Å². The lowest BCUT2D eigenvalue weighted by Gasteiger charge is -2.13. The van der Waals surface area contributed by atoms with Gasteiger partial charge in [-0.15, -0.1) is 0 Å². The summed E-state index contributed by atoms with van der Waals surface area (Å²) in [5.74, 6) is 3.06. The Balaban J connectivity index is 1.58. The van der Waals surface area contributed by atoms with E-state index in [1.807, 2.05) is 26.0 Å². The maximum Gasteiger partial charge on any atom is 0.165 e. The van der Waals surface area contributed by atoms with E-state index in [4.69, 9.17) is 4.74 Å². The summed E-state index contributed by atoms with van der Waals surface area (Å²) in [6.07, 6.45) is 3.59. The molecule has 1 aliphatic heterocycles. The van der Waals surface area contributed by atoms with Crippen LogP contribution in [0.4, 0.5) is 0 Å². The standard InChI is InChI=1S/C18H24N4O3S/c1-3-15-16(7-4-12(2)19-15)25-10-17-20-18(13-5-6-13)21-22(17)14-8-9-26(23,24)11-14/h4,7,13-14H,3,5-6,8-11H2,1-2H3/t14-/m0/s1. The number of aryl methyl sites for hydroxylation is 2. The first kappa shape index (κ1) is 17.5. The fraction of sp³-hybridized carbons (Fsp3) is 0.611. The van der Waals surface area contributed by atoms with Crippen molar-refractivity contribution in [1.82, 2.24) is 19.7 Å². The number of hydrogen-bond donors (Lipinski definition) is 0. The average molecular weight is 376 g/mol. The Labute approximate surface area is 153 Å². The molecule has 3 heterocycles. The molecule has 4 rings (SSSR count). The Morgan fingerprint density at radius 2 is 2.04 bits per heavy atom. The molecule has 7 nitrogen and oxygen atoms in total.